The summed E-state index contributed by atoms with van der Waals surface area (Å²) in [7, 11) is 0. The first-order valence-electron chi connectivity index (χ1n) is 12.9. The van der Waals surface area contributed by atoms with E-state index in [-0.39, 0.29) is 22.4 Å². The molecule has 0 radical (unpaired) electrons. The summed E-state index contributed by atoms with van der Waals surface area (Å²) < 4.78 is 5.05. The number of carbonyl (C=O) groups excluding carboxylic acids is 2. The van der Waals surface area contributed by atoms with E-state index in [2.05, 4.69) is 71.3 Å². The van der Waals surface area contributed by atoms with E-state index in [0.29, 0.717) is 30.0 Å². The van der Waals surface area contributed by atoms with Gasteiger partial charge in [0.2, 0.25) is 0 Å². The Hall–Kier alpha value is -4.40. The number of oxazole rings is 1. The number of nitrogens with zero attached hydrogens (tertiary/aromatic N) is 4. The van der Waals surface area contributed by atoms with E-state index < -0.39 is 0 Å². The van der Waals surface area contributed by atoms with Gasteiger partial charge in [-0.1, -0.05) is 27.7 Å². The summed E-state index contributed by atoms with van der Waals surface area (Å²) in [6, 6.07) is 7.28. The molecule has 0 unspecified atom stereocenters. The third-order valence-corrected chi connectivity index (χ3v) is 7.30. The van der Waals surface area contributed by atoms with Crippen LogP contribution in [0, 0.1) is 34.5 Å². The molecule has 0 atom stereocenters. The number of pyridine rings is 2. The lowest BCUT2D eigenvalue weighted by Crippen LogP contribution is -2.28. The Morgan fingerprint density at radius 3 is 1.80 bits per heavy atom. The second kappa shape index (κ2) is 11.0. The number of thiazole rings is 1. The summed E-state index contributed by atoms with van der Waals surface area (Å²) in [6.07, 6.45) is 7.42. The standard InChI is InChI=1S/C16H14N2O2.C16H14N2OS/c2*1-16(2)7-14-13(15(19)8-16)6-4-11(18-14)3-5-12-9-17-10-20-12/h2*4,6,9-10H,7-8H2,1-2H3. The molecule has 7 nitrogen and oxygen atoms in total. The smallest absolute Gasteiger partial charge is 0.197 e. The second-order valence-corrected chi connectivity index (χ2v) is 12.4. The number of hydrogen-bond donors (Lipinski definition) is 0. The maximum Gasteiger partial charge on any atom is 0.197 e. The molecule has 0 saturated heterocycles. The molecule has 4 aromatic heterocycles. The van der Waals surface area contributed by atoms with Gasteiger partial charge in [0.15, 0.2) is 23.7 Å². The number of hydrogen-bond acceptors (Lipinski definition) is 8. The molecule has 0 bridgehead atoms. The van der Waals surface area contributed by atoms with Crippen LogP contribution in [0.2, 0.25) is 0 Å². The van der Waals surface area contributed by atoms with Crippen LogP contribution in [0.1, 0.15) is 94.7 Å². The topological polar surface area (TPSA) is 98.8 Å². The maximum absolute atomic E-state index is 12.1. The van der Waals surface area contributed by atoms with Crippen molar-refractivity contribution in [1.82, 2.24) is 19.9 Å². The first-order chi connectivity index (χ1) is 19.1. The van der Waals surface area contributed by atoms with Crippen LogP contribution in [-0.4, -0.2) is 31.5 Å². The van der Waals surface area contributed by atoms with Crippen molar-refractivity contribution in [2.24, 2.45) is 10.8 Å². The average Bonchev–Trinajstić information content (AvgIpc) is 3.59. The molecule has 4 aromatic rings. The predicted octanol–water partition coefficient (Wildman–Crippen LogP) is 5.72. The molecule has 8 heteroatoms. The minimum absolute atomic E-state index is 0.0131. The fourth-order valence-corrected chi connectivity index (χ4v) is 5.28. The number of fused-ring (bicyclic) bond motifs is 2. The quantitative estimate of drug-likeness (QED) is 0.259. The molecule has 0 fully saturated rings. The third kappa shape index (κ3) is 6.59. The molecule has 0 N–H and O–H groups in total. The van der Waals surface area contributed by atoms with Gasteiger partial charge in [0, 0.05) is 24.0 Å². The molecular weight excluding hydrogens is 520 g/mol. The molecule has 2 aliphatic carbocycles. The number of aromatic nitrogens is 4. The van der Waals surface area contributed by atoms with Crippen molar-refractivity contribution in [2.75, 3.05) is 0 Å². The van der Waals surface area contributed by atoms with Crippen molar-refractivity contribution in [3.05, 3.63) is 93.1 Å². The zero-order chi connectivity index (χ0) is 28.3. The van der Waals surface area contributed by atoms with Gasteiger partial charge in [-0.3, -0.25) is 14.6 Å². The van der Waals surface area contributed by atoms with Crippen LogP contribution < -0.4 is 0 Å². The minimum Gasteiger partial charge on any atom is -0.435 e. The fourth-order valence-electron chi connectivity index (χ4n) is 4.82. The van der Waals surface area contributed by atoms with E-state index in [0.717, 1.165) is 40.2 Å². The minimum atomic E-state index is -0.0337. The van der Waals surface area contributed by atoms with Gasteiger partial charge < -0.3 is 4.42 Å². The van der Waals surface area contributed by atoms with Gasteiger partial charge in [-0.25, -0.2) is 15.0 Å². The number of ketones is 2. The molecule has 0 aromatic carbocycles. The summed E-state index contributed by atoms with van der Waals surface area (Å²) in [5, 5.41) is 0. The Morgan fingerprint density at radius 1 is 0.725 bits per heavy atom. The number of carbonyl (C=O) groups is 2. The van der Waals surface area contributed by atoms with E-state index in [1.165, 1.54) is 17.7 Å². The summed E-state index contributed by atoms with van der Waals surface area (Å²) in [4.78, 5) is 41.9. The van der Waals surface area contributed by atoms with E-state index in [9.17, 15) is 9.59 Å². The van der Waals surface area contributed by atoms with Crippen LogP contribution in [0.15, 0.2) is 53.0 Å². The Balaban J connectivity index is 0.000000161. The second-order valence-electron chi connectivity index (χ2n) is 11.5. The summed E-state index contributed by atoms with van der Waals surface area (Å²) in [6.45, 7) is 8.38. The van der Waals surface area contributed by atoms with Gasteiger partial charge in [-0.2, -0.15) is 0 Å². The summed E-state index contributed by atoms with van der Waals surface area (Å²) in [5.41, 5.74) is 6.27. The first kappa shape index (κ1) is 27.2. The van der Waals surface area contributed by atoms with Gasteiger partial charge in [0.1, 0.15) is 11.4 Å². The SMILES string of the molecule is CC1(C)CC(=O)c2ccc(C#Cc3cnco3)nc2C1.CC1(C)CC(=O)c2ccc(C#Cc3cncs3)nc2C1. The molecule has 0 aliphatic heterocycles. The molecule has 200 valence electrons. The highest BCUT2D eigenvalue weighted by Gasteiger charge is 2.32. The zero-order valence-electron chi connectivity index (χ0n) is 22.9. The summed E-state index contributed by atoms with van der Waals surface area (Å²) >= 11 is 1.50. The number of rotatable bonds is 0. The molecule has 0 saturated carbocycles. The van der Waals surface area contributed by atoms with Crippen LogP contribution in [0.5, 0.6) is 0 Å². The lowest BCUT2D eigenvalue weighted by atomic mass is 9.75. The molecular formula is C32H28N4O3S. The van der Waals surface area contributed by atoms with Crippen molar-refractivity contribution >= 4 is 22.9 Å². The normalized spacial score (nSPS) is 16.2. The van der Waals surface area contributed by atoms with Gasteiger partial charge >= 0.3 is 0 Å². The Bertz CT molecular complexity index is 1570. The van der Waals surface area contributed by atoms with Crippen molar-refractivity contribution in [1.29, 1.82) is 0 Å². The fraction of sp³-hybridized carbons (Fsp3) is 0.312. The van der Waals surface area contributed by atoms with E-state index in [4.69, 9.17) is 4.42 Å². The molecule has 6 rings (SSSR count). The Labute approximate surface area is 237 Å². The van der Waals surface area contributed by atoms with Crippen LogP contribution in [0.25, 0.3) is 0 Å². The first-order valence-corrected chi connectivity index (χ1v) is 13.8. The highest BCUT2D eigenvalue weighted by Crippen LogP contribution is 2.34. The van der Waals surface area contributed by atoms with Gasteiger partial charge in [-0.05, 0) is 71.6 Å². The van der Waals surface area contributed by atoms with Gasteiger partial charge in [0.05, 0.1) is 34.2 Å². The Morgan fingerprint density at radius 2 is 1.30 bits per heavy atom. The van der Waals surface area contributed by atoms with Crippen LogP contribution in [-0.2, 0) is 12.8 Å². The van der Waals surface area contributed by atoms with E-state index in [1.807, 2.05) is 18.2 Å². The lowest BCUT2D eigenvalue weighted by molar-refractivity contribution is 0.0900. The van der Waals surface area contributed by atoms with Crippen LogP contribution in [0.4, 0.5) is 0 Å². The highest BCUT2D eigenvalue weighted by atomic mass is 32.1. The van der Waals surface area contributed by atoms with Crippen LogP contribution in [0.3, 0.4) is 0 Å². The molecule has 4 heterocycles. The maximum atomic E-state index is 12.1. The van der Waals surface area contributed by atoms with E-state index in [1.54, 1.807) is 24.0 Å². The Kier molecular flexibility index (Phi) is 7.47. The lowest BCUT2D eigenvalue weighted by Gasteiger charge is -2.29. The van der Waals surface area contributed by atoms with Crippen molar-refractivity contribution in [2.45, 2.75) is 53.4 Å². The largest absolute Gasteiger partial charge is 0.435 e. The molecule has 0 amide bonds. The monoisotopic (exact) mass is 548 g/mol. The average molecular weight is 549 g/mol. The predicted molar refractivity (Wildman–Crippen MR) is 152 cm³/mol. The molecule has 0 spiro atoms. The zero-order valence-corrected chi connectivity index (χ0v) is 23.7. The van der Waals surface area contributed by atoms with Crippen molar-refractivity contribution in [3.63, 3.8) is 0 Å². The van der Waals surface area contributed by atoms with Gasteiger partial charge in [0.25, 0.3) is 0 Å². The molecule has 40 heavy (non-hydrogen) atoms. The van der Waals surface area contributed by atoms with Crippen LogP contribution >= 0.6 is 11.3 Å². The highest BCUT2D eigenvalue weighted by molar-refractivity contribution is 7.10. The van der Waals surface area contributed by atoms with Crippen molar-refractivity contribution < 1.29 is 14.0 Å². The van der Waals surface area contributed by atoms with Gasteiger partial charge in [-0.15, -0.1) is 11.3 Å². The third-order valence-electron chi connectivity index (χ3n) is 6.61. The van der Waals surface area contributed by atoms with Crippen molar-refractivity contribution in [3.8, 4) is 23.7 Å². The number of Topliss-reactive ketones (excluding diaryl/α,β-unsaturated/α-hetero) is 2. The molecule has 2 aliphatic rings. The summed E-state index contributed by atoms with van der Waals surface area (Å²) in [5.74, 6) is 12.7. The van der Waals surface area contributed by atoms with E-state index >= 15 is 0 Å².